The number of hydrogen-bond donors (Lipinski definition) is 0. The van der Waals surface area contributed by atoms with E-state index in [0.29, 0.717) is 12.8 Å². The highest BCUT2D eigenvalue weighted by atomic mass is 19.4. The molecule has 1 unspecified atom stereocenters. The molecule has 0 amide bonds. The Balaban J connectivity index is 5.73. The number of halogens is 11. The summed E-state index contributed by atoms with van der Waals surface area (Å²) < 4.78 is 141. The summed E-state index contributed by atoms with van der Waals surface area (Å²) in [6, 6.07) is -2.00. The standard InChI is InChI=1S/C13H14F11NO/c1-2-3-4-5-8(25-7-26)6-9(14,15)10(16,17)11(18,19)12(20,21)13(22,23)24/h8H,2-6H2,1H3. The lowest BCUT2D eigenvalue weighted by Gasteiger charge is -2.37. The minimum Gasteiger partial charge on any atom is -0.211 e. The van der Waals surface area contributed by atoms with Crippen molar-refractivity contribution in [2.75, 3.05) is 0 Å². The van der Waals surface area contributed by atoms with E-state index < -0.39 is 48.7 Å². The van der Waals surface area contributed by atoms with Gasteiger partial charge in [0.15, 0.2) is 0 Å². The van der Waals surface area contributed by atoms with Crippen LogP contribution in [-0.2, 0) is 4.79 Å². The van der Waals surface area contributed by atoms with Crippen molar-refractivity contribution in [1.29, 1.82) is 0 Å². The maximum atomic E-state index is 13.6. The van der Waals surface area contributed by atoms with Gasteiger partial charge in [-0.25, -0.2) is 9.79 Å². The smallest absolute Gasteiger partial charge is 0.211 e. The number of aliphatic imine (C=N–C) groups is 1. The van der Waals surface area contributed by atoms with Gasteiger partial charge in [0, 0.05) is 6.42 Å². The van der Waals surface area contributed by atoms with Crippen LogP contribution in [0.25, 0.3) is 0 Å². The van der Waals surface area contributed by atoms with Crippen LogP contribution in [0.2, 0.25) is 0 Å². The second-order valence-electron chi connectivity index (χ2n) is 5.50. The number of carbonyl (C=O) groups excluding carboxylic acids is 1. The minimum atomic E-state index is -7.44. The van der Waals surface area contributed by atoms with E-state index in [1.54, 1.807) is 6.92 Å². The first kappa shape index (κ1) is 24.6. The third kappa shape index (κ3) is 4.66. The van der Waals surface area contributed by atoms with E-state index >= 15 is 0 Å². The van der Waals surface area contributed by atoms with Gasteiger partial charge >= 0.3 is 29.9 Å². The number of unbranched alkanes of at least 4 members (excludes halogenated alkanes) is 2. The van der Waals surface area contributed by atoms with Crippen LogP contribution in [0.5, 0.6) is 0 Å². The Morgan fingerprint density at radius 3 is 1.69 bits per heavy atom. The monoisotopic (exact) mass is 409 g/mol. The average molecular weight is 409 g/mol. The van der Waals surface area contributed by atoms with Gasteiger partial charge in [0.2, 0.25) is 6.08 Å². The van der Waals surface area contributed by atoms with Gasteiger partial charge in [-0.1, -0.05) is 26.2 Å². The first-order valence-electron chi connectivity index (χ1n) is 7.14. The second kappa shape index (κ2) is 8.10. The summed E-state index contributed by atoms with van der Waals surface area (Å²) in [4.78, 5) is 12.8. The highest BCUT2D eigenvalue weighted by molar-refractivity contribution is 5.33. The molecule has 2 nitrogen and oxygen atoms in total. The molecule has 0 aliphatic carbocycles. The van der Waals surface area contributed by atoms with Crippen LogP contribution in [0.4, 0.5) is 48.3 Å². The van der Waals surface area contributed by atoms with Gasteiger partial charge in [0.25, 0.3) is 0 Å². The van der Waals surface area contributed by atoms with Crippen molar-refractivity contribution in [3.8, 4) is 0 Å². The van der Waals surface area contributed by atoms with Gasteiger partial charge in [-0.15, -0.1) is 0 Å². The first-order valence-corrected chi connectivity index (χ1v) is 7.14. The fraction of sp³-hybridized carbons (Fsp3) is 0.923. The highest BCUT2D eigenvalue weighted by Gasteiger charge is 2.87. The number of alkyl halides is 11. The molecule has 0 radical (unpaired) electrons. The molecule has 0 aromatic carbocycles. The molecule has 1 atom stereocenters. The zero-order chi connectivity index (χ0) is 21.0. The summed E-state index contributed by atoms with van der Waals surface area (Å²) in [6.45, 7) is 1.65. The lowest BCUT2D eigenvalue weighted by Crippen LogP contribution is -2.66. The van der Waals surface area contributed by atoms with Crippen molar-refractivity contribution < 1.29 is 53.1 Å². The predicted octanol–water partition coefficient (Wildman–Crippen LogP) is 5.76. The van der Waals surface area contributed by atoms with Crippen LogP contribution in [0.15, 0.2) is 4.99 Å². The molecule has 0 aliphatic rings. The van der Waals surface area contributed by atoms with E-state index in [1.807, 2.05) is 0 Å². The van der Waals surface area contributed by atoms with Crippen LogP contribution in [-0.4, -0.2) is 42.0 Å². The van der Waals surface area contributed by atoms with E-state index in [4.69, 9.17) is 0 Å². The van der Waals surface area contributed by atoms with E-state index in [9.17, 15) is 53.1 Å². The van der Waals surface area contributed by atoms with Crippen molar-refractivity contribution in [1.82, 2.24) is 0 Å². The Labute approximate surface area is 140 Å². The SMILES string of the molecule is CCCCCC(CC(F)(F)C(F)(F)C(F)(F)C(F)(F)C(F)(F)F)N=C=O. The predicted molar refractivity (Wildman–Crippen MR) is 66.5 cm³/mol. The summed E-state index contributed by atoms with van der Waals surface area (Å²) in [5.74, 6) is -27.9. The molecule has 0 heterocycles. The fourth-order valence-electron chi connectivity index (χ4n) is 1.95. The minimum absolute atomic E-state index is 0.0447. The summed E-state index contributed by atoms with van der Waals surface area (Å²) in [6.07, 6.45) is -8.35. The zero-order valence-corrected chi connectivity index (χ0v) is 13.1. The molecule has 0 aromatic heterocycles. The van der Waals surface area contributed by atoms with Crippen molar-refractivity contribution in [2.45, 2.75) is 74.9 Å². The first-order chi connectivity index (χ1) is 11.5. The Morgan fingerprint density at radius 2 is 1.31 bits per heavy atom. The summed E-state index contributed by atoms with van der Waals surface area (Å²) in [5.41, 5.74) is 0. The summed E-state index contributed by atoms with van der Waals surface area (Å²) in [7, 11) is 0. The summed E-state index contributed by atoms with van der Waals surface area (Å²) >= 11 is 0. The molecule has 13 heteroatoms. The Bertz CT molecular complexity index is 509. The van der Waals surface area contributed by atoms with E-state index in [0.717, 1.165) is 6.08 Å². The third-order valence-corrected chi connectivity index (χ3v) is 3.47. The zero-order valence-electron chi connectivity index (χ0n) is 13.1. The molecule has 0 N–H and O–H groups in total. The van der Waals surface area contributed by atoms with Crippen LogP contribution in [0.3, 0.4) is 0 Å². The van der Waals surface area contributed by atoms with Gasteiger partial charge in [-0.05, 0) is 6.42 Å². The van der Waals surface area contributed by atoms with Gasteiger partial charge in [0.05, 0.1) is 6.04 Å². The molecule has 0 saturated carbocycles. The number of rotatable bonds is 10. The quantitative estimate of drug-likeness (QED) is 0.195. The maximum absolute atomic E-state index is 13.6. The Morgan fingerprint density at radius 1 is 0.808 bits per heavy atom. The Hall–Kier alpha value is -1.39. The molecule has 154 valence electrons. The normalized spacial score (nSPS) is 15.5. The molecule has 0 saturated heterocycles. The number of nitrogens with zero attached hydrogens (tertiary/aromatic N) is 1. The lowest BCUT2D eigenvalue weighted by atomic mass is 9.92. The van der Waals surface area contributed by atoms with Crippen molar-refractivity contribution in [3.05, 3.63) is 0 Å². The van der Waals surface area contributed by atoms with Gasteiger partial charge in [0.1, 0.15) is 0 Å². The molecule has 0 rings (SSSR count). The maximum Gasteiger partial charge on any atom is 0.460 e. The number of isocyanates is 1. The van der Waals surface area contributed by atoms with Crippen LogP contribution < -0.4 is 0 Å². The molecule has 0 bridgehead atoms. The van der Waals surface area contributed by atoms with Gasteiger partial charge < -0.3 is 0 Å². The lowest BCUT2D eigenvalue weighted by molar-refractivity contribution is -0.422. The molecule has 0 aliphatic heterocycles. The molecular formula is C13H14F11NO. The molecule has 0 spiro atoms. The number of hydrogen-bond acceptors (Lipinski definition) is 2. The van der Waals surface area contributed by atoms with E-state index in [-0.39, 0.29) is 6.42 Å². The topological polar surface area (TPSA) is 29.4 Å². The largest absolute Gasteiger partial charge is 0.460 e. The molecule has 26 heavy (non-hydrogen) atoms. The van der Waals surface area contributed by atoms with E-state index in [2.05, 4.69) is 4.99 Å². The summed E-state index contributed by atoms with van der Waals surface area (Å²) in [5, 5.41) is 0. The van der Waals surface area contributed by atoms with Crippen LogP contribution in [0, 0.1) is 0 Å². The van der Waals surface area contributed by atoms with Gasteiger partial charge in [-0.2, -0.15) is 48.3 Å². The highest BCUT2D eigenvalue weighted by Crippen LogP contribution is 2.58. The van der Waals surface area contributed by atoms with Crippen LogP contribution in [0.1, 0.15) is 39.0 Å². The van der Waals surface area contributed by atoms with Crippen LogP contribution >= 0.6 is 0 Å². The van der Waals surface area contributed by atoms with Gasteiger partial charge in [-0.3, -0.25) is 0 Å². The molecule has 0 aromatic rings. The Kier molecular flexibility index (Phi) is 7.66. The van der Waals surface area contributed by atoms with Crippen molar-refractivity contribution >= 4 is 6.08 Å². The van der Waals surface area contributed by atoms with Crippen molar-refractivity contribution in [2.24, 2.45) is 4.99 Å². The fourth-order valence-corrected chi connectivity index (χ4v) is 1.95. The average Bonchev–Trinajstić information content (AvgIpc) is 2.45. The molecule has 0 fully saturated rings. The van der Waals surface area contributed by atoms with Crippen molar-refractivity contribution in [3.63, 3.8) is 0 Å². The second-order valence-corrected chi connectivity index (χ2v) is 5.50. The van der Waals surface area contributed by atoms with E-state index in [1.165, 1.54) is 0 Å². The molecular weight excluding hydrogens is 395 g/mol. The third-order valence-electron chi connectivity index (χ3n) is 3.47.